The molecule has 1 heterocycles. The number of hydrogen-bond donors (Lipinski definition) is 0. The van der Waals surface area contributed by atoms with E-state index >= 15 is 0 Å². The van der Waals surface area contributed by atoms with Crippen molar-refractivity contribution >= 4 is 0 Å². The second-order valence-electron chi connectivity index (χ2n) is 5.50. The molecule has 0 amide bonds. The smallest absolute Gasteiger partial charge is 0.0952 e. The Balaban J connectivity index is 1.92. The number of nitrogens with zero attached hydrogens (tertiary/aromatic N) is 2. The topological polar surface area (TPSA) is 27.1 Å². The van der Waals surface area contributed by atoms with Gasteiger partial charge in [-0.3, -0.25) is 0 Å². The molecule has 3 heteroatoms. The lowest BCUT2D eigenvalue weighted by Crippen LogP contribution is -2.22. The van der Waals surface area contributed by atoms with Crippen LogP contribution in [0.4, 0.5) is 0 Å². The molecule has 16 heavy (non-hydrogen) atoms. The number of ether oxygens (including phenoxy) is 1. The van der Waals surface area contributed by atoms with E-state index in [0.717, 1.165) is 19.6 Å². The van der Waals surface area contributed by atoms with Crippen LogP contribution in [0.1, 0.15) is 45.0 Å². The summed E-state index contributed by atoms with van der Waals surface area (Å²) < 4.78 is 8.01. The van der Waals surface area contributed by atoms with Gasteiger partial charge in [0.1, 0.15) is 0 Å². The molecule has 0 aromatic carbocycles. The summed E-state index contributed by atoms with van der Waals surface area (Å²) in [5.74, 6) is 0. The maximum Gasteiger partial charge on any atom is 0.0952 e. The van der Waals surface area contributed by atoms with Crippen LogP contribution in [0.5, 0.6) is 0 Å². The van der Waals surface area contributed by atoms with Crippen molar-refractivity contribution in [3.63, 3.8) is 0 Å². The fourth-order valence-corrected chi connectivity index (χ4v) is 2.17. The molecular formula is C13H22N2O. The van der Waals surface area contributed by atoms with Gasteiger partial charge in [-0.1, -0.05) is 0 Å². The molecule has 1 aromatic rings. The van der Waals surface area contributed by atoms with Crippen molar-refractivity contribution in [2.75, 3.05) is 6.61 Å². The Bertz CT molecular complexity index is 349. The summed E-state index contributed by atoms with van der Waals surface area (Å²) in [6, 6.07) is 0. The molecule has 1 aliphatic carbocycles. The van der Waals surface area contributed by atoms with E-state index in [2.05, 4.69) is 30.3 Å². The zero-order valence-corrected chi connectivity index (χ0v) is 10.6. The average molecular weight is 222 g/mol. The molecule has 0 aliphatic heterocycles. The zero-order chi connectivity index (χ0) is 11.6. The minimum atomic E-state index is -0.0410. The van der Waals surface area contributed by atoms with E-state index in [1.54, 1.807) is 0 Å². The summed E-state index contributed by atoms with van der Waals surface area (Å²) in [5, 5.41) is 0. The van der Waals surface area contributed by atoms with Crippen molar-refractivity contribution in [2.24, 2.45) is 0 Å². The molecule has 0 saturated carbocycles. The van der Waals surface area contributed by atoms with E-state index in [-0.39, 0.29) is 5.60 Å². The molecule has 1 aromatic heterocycles. The van der Waals surface area contributed by atoms with Gasteiger partial charge in [-0.25, -0.2) is 4.98 Å². The maximum absolute atomic E-state index is 5.75. The highest BCUT2D eigenvalue weighted by molar-refractivity contribution is 5.16. The Labute approximate surface area is 97.8 Å². The predicted molar refractivity (Wildman–Crippen MR) is 64.6 cm³/mol. The van der Waals surface area contributed by atoms with Crippen LogP contribution in [0.15, 0.2) is 6.33 Å². The van der Waals surface area contributed by atoms with Gasteiger partial charge in [0.2, 0.25) is 0 Å². The van der Waals surface area contributed by atoms with Gasteiger partial charge in [0.05, 0.1) is 24.2 Å². The van der Waals surface area contributed by atoms with E-state index in [4.69, 9.17) is 4.74 Å². The van der Waals surface area contributed by atoms with Crippen LogP contribution in [0.3, 0.4) is 0 Å². The van der Waals surface area contributed by atoms with Gasteiger partial charge in [0.25, 0.3) is 0 Å². The van der Waals surface area contributed by atoms with E-state index in [9.17, 15) is 0 Å². The third-order valence-corrected chi connectivity index (χ3v) is 2.98. The second kappa shape index (κ2) is 4.58. The number of aromatic nitrogens is 2. The van der Waals surface area contributed by atoms with Crippen LogP contribution in [0, 0.1) is 0 Å². The Morgan fingerprint density at radius 1 is 1.31 bits per heavy atom. The number of hydrogen-bond acceptors (Lipinski definition) is 2. The van der Waals surface area contributed by atoms with Crippen LogP contribution >= 0.6 is 0 Å². The first-order valence-electron chi connectivity index (χ1n) is 6.23. The summed E-state index contributed by atoms with van der Waals surface area (Å²) in [5.41, 5.74) is 2.70. The fourth-order valence-electron chi connectivity index (χ4n) is 2.17. The minimum Gasteiger partial charge on any atom is -0.374 e. The fraction of sp³-hybridized carbons (Fsp3) is 0.769. The van der Waals surface area contributed by atoms with Crippen LogP contribution < -0.4 is 0 Å². The van der Waals surface area contributed by atoms with E-state index < -0.39 is 0 Å². The number of fused-ring (bicyclic) bond motifs is 1. The minimum absolute atomic E-state index is 0.0410. The van der Waals surface area contributed by atoms with Gasteiger partial charge in [-0.05, 0) is 46.5 Å². The molecule has 0 radical (unpaired) electrons. The largest absolute Gasteiger partial charge is 0.374 e. The first kappa shape index (κ1) is 11.6. The Hall–Kier alpha value is -0.830. The molecule has 0 saturated heterocycles. The average Bonchev–Trinajstić information content (AvgIpc) is 2.60. The lowest BCUT2D eigenvalue weighted by atomic mass is 10.0. The summed E-state index contributed by atoms with van der Waals surface area (Å²) in [7, 11) is 0. The molecule has 0 bridgehead atoms. The summed E-state index contributed by atoms with van der Waals surface area (Å²) >= 11 is 0. The monoisotopic (exact) mass is 222 g/mol. The van der Waals surface area contributed by atoms with Crippen LogP contribution in [0.25, 0.3) is 0 Å². The third kappa shape index (κ3) is 2.85. The standard InChI is InChI=1S/C13H22N2O/c1-13(2,3)16-9-8-15-10-14-11-6-4-5-7-12(11)15/h10H,4-9H2,1-3H3. The van der Waals surface area contributed by atoms with Crippen LogP contribution in [-0.4, -0.2) is 21.8 Å². The Kier molecular flexibility index (Phi) is 3.33. The lowest BCUT2D eigenvalue weighted by molar-refractivity contribution is -0.00707. The van der Waals surface area contributed by atoms with Crippen molar-refractivity contribution in [3.05, 3.63) is 17.7 Å². The van der Waals surface area contributed by atoms with Crippen molar-refractivity contribution in [1.29, 1.82) is 0 Å². The maximum atomic E-state index is 5.75. The van der Waals surface area contributed by atoms with Crippen LogP contribution in [-0.2, 0) is 24.1 Å². The highest BCUT2D eigenvalue weighted by Crippen LogP contribution is 2.19. The highest BCUT2D eigenvalue weighted by Gasteiger charge is 2.15. The van der Waals surface area contributed by atoms with E-state index in [1.807, 2.05) is 6.33 Å². The molecule has 3 nitrogen and oxygen atoms in total. The molecule has 0 atom stereocenters. The van der Waals surface area contributed by atoms with Crippen molar-refractivity contribution in [1.82, 2.24) is 9.55 Å². The van der Waals surface area contributed by atoms with Crippen molar-refractivity contribution in [2.45, 2.75) is 58.6 Å². The lowest BCUT2D eigenvalue weighted by Gasteiger charge is -2.20. The van der Waals surface area contributed by atoms with Gasteiger partial charge in [0, 0.05) is 12.2 Å². The molecule has 0 fully saturated rings. The molecule has 2 rings (SSSR count). The predicted octanol–water partition coefficient (Wildman–Crippen LogP) is 2.58. The summed E-state index contributed by atoms with van der Waals surface area (Å²) in [6.07, 6.45) is 6.91. The molecule has 1 aliphatic rings. The van der Waals surface area contributed by atoms with Gasteiger partial charge in [-0.2, -0.15) is 0 Å². The number of rotatable bonds is 3. The SMILES string of the molecule is CC(C)(C)OCCn1cnc2c1CCCC2. The second-order valence-corrected chi connectivity index (χ2v) is 5.50. The van der Waals surface area contributed by atoms with Gasteiger partial charge < -0.3 is 9.30 Å². The summed E-state index contributed by atoms with van der Waals surface area (Å²) in [6.45, 7) is 7.98. The Morgan fingerprint density at radius 3 is 2.81 bits per heavy atom. The zero-order valence-electron chi connectivity index (χ0n) is 10.6. The van der Waals surface area contributed by atoms with Gasteiger partial charge in [0.15, 0.2) is 0 Å². The first-order valence-corrected chi connectivity index (χ1v) is 6.23. The van der Waals surface area contributed by atoms with E-state index in [1.165, 1.54) is 30.7 Å². The third-order valence-electron chi connectivity index (χ3n) is 2.98. The number of aryl methyl sites for hydroxylation is 1. The quantitative estimate of drug-likeness (QED) is 0.786. The first-order chi connectivity index (χ1) is 7.56. The number of imidazole rings is 1. The van der Waals surface area contributed by atoms with Crippen molar-refractivity contribution in [3.8, 4) is 0 Å². The molecule has 90 valence electrons. The molecular weight excluding hydrogens is 200 g/mol. The normalized spacial score (nSPS) is 16.2. The molecule has 0 spiro atoms. The van der Waals surface area contributed by atoms with Gasteiger partial charge >= 0.3 is 0 Å². The molecule has 0 unspecified atom stereocenters. The highest BCUT2D eigenvalue weighted by atomic mass is 16.5. The molecule has 0 N–H and O–H groups in total. The van der Waals surface area contributed by atoms with Gasteiger partial charge in [-0.15, -0.1) is 0 Å². The summed E-state index contributed by atoms with van der Waals surface area (Å²) in [4.78, 5) is 4.48. The van der Waals surface area contributed by atoms with Crippen molar-refractivity contribution < 1.29 is 4.74 Å². The van der Waals surface area contributed by atoms with E-state index in [0.29, 0.717) is 0 Å². The Morgan fingerprint density at radius 2 is 2.06 bits per heavy atom. The van der Waals surface area contributed by atoms with Crippen LogP contribution in [0.2, 0.25) is 0 Å².